The van der Waals surface area contributed by atoms with Crippen LogP contribution < -0.4 is 14.4 Å². The third-order valence-electron chi connectivity index (χ3n) is 6.80. The molecule has 0 aromatic heterocycles. The van der Waals surface area contributed by atoms with Crippen LogP contribution >= 0.6 is 0 Å². The highest BCUT2D eigenvalue weighted by molar-refractivity contribution is 6.15. The van der Waals surface area contributed by atoms with Gasteiger partial charge in [-0.05, 0) is 78.4 Å². The zero-order chi connectivity index (χ0) is 33.5. The van der Waals surface area contributed by atoms with Crippen molar-refractivity contribution in [3.8, 4) is 17.2 Å². The second kappa shape index (κ2) is 17.8. The van der Waals surface area contributed by atoms with Crippen LogP contribution in [0.1, 0.15) is 63.1 Å². The minimum atomic E-state index is -1.11. The first-order valence-corrected chi connectivity index (χ1v) is 14.4. The first-order chi connectivity index (χ1) is 22.2. The highest BCUT2D eigenvalue weighted by Crippen LogP contribution is 2.31. The largest absolute Gasteiger partial charge is 0.493 e. The van der Waals surface area contributed by atoms with Crippen LogP contribution in [0.5, 0.6) is 17.2 Å². The number of carboxylic acid groups (broad SMARTS) is 1. The molecule has 11 nitrogen and oxygen atoms in total. The maximum atomic E-state index is 12.6. The zero-order valence-corrected chi connectivity index (χ0v) is 25.9. The van der Waals surface area contributed by atoms with E-state index < -0.39 is 23.9 Å². The molecule has 0 unspecified atom stereocenters. The van der Waals surface area contributed by atoms with E-state index in [0.717, 1.165) is 19.3 Å². The van der Waals surface area contributed by atoms with Crippen molar-refractivity contribution >= 4 is 35.5 Å². The number of carbonyl (C=O) groups is 4. The van der Waals surface area contributed by atoms with Gasteiger partial charge in [-0.1, -0.05) is 43.7 Å². The van der Waals surface area contributed by atoms with E-state index in [1.165, 1.54) is 33.5 Å². The van der Waals surface area contributed by atoms with E-state index in [1.54, 1.807) is 60.7 Å². The lowest BCUT2D eigenvalue weighted by Crippen LogP contribution is -2.10. The molecule has 11 heteroatoms. The molecular weight excluding hydrogens is 596 g/mol. The van der Waals surface area contributed by atoms with E-state index in [4.69, 9.17) is 19.2 Å². The monoisotopic (exact) mass is 632 g/mol. The summed E-state index contributed by atoms with van der Waals surface area (Å²) in [5, 5.41) is 9.74. The molecule has 3 aromatic carbocycles. The molecule has 46 heavy (non-hydrogen) atoms. The van der Waals surface area contributed by atoms with E-state index in [1.807, 2.05) is 0 Å². The molecular formula is C35H36O11. The summed E-state index contributed by atoms with van der Waals surface area (Å²) in [6.07, 6.45) is 6.47. The number of benzene rings is 3. The molecule has 0 aliphatic carbocycles. The number of hydrogen-bond donors (Lipinski definition) is 1. The van der Waals surface area contributed by atoms with Crippen LogP contribution in [0.3, 0.4) is 0 Å². The molecule has 0 radical (unpaired) electrons. The topological polar surface area (TPSA) is 144 Å². The van der Waals surface area contributed by atoms with Crippen molar-refractivity contribution in [2.75, 3.05) is 27.9 Å². The molecule has 1 N–H and O–H groups in total. The fourth-order valence-electron chi connectivity index (χ4n) is 4.27. The predicted molar refractivity (Wildman–Crippen MR) is 169 cm³/mol. The predicted octanol–water partition coefficient (Wildman–Crippen LogP) is 6.10. The third-order valence-corrected chi connectivity index (χ3v) is 6.80. The van der Waals surface area contributed by atoms with Crippen molar-refractivity contribution < 1.29 is 53.0 Å². The highest BCUT2D eigenvalue weighted by atomic mass is 17.2. The molecule has 0 spiro atoms. The van der Waals surface area contributed by atoms with Crippen LogP contribution in [0.15, 0.2) is 73.3 Å². The standard InChI is InChI=1S/C35H36O11/c1-23(34(39)43-4)27-16-18-30(31(21-27)41-2)46-44-20-8-6-5-7-9-25-15-17-28(22-29(25)33(37)38)45-35(40)26-13-10-24(11-14-26)12-19-32(36)42-3/h10-19,21-22H,1,5-9,20H2,2-4H3,(H,37,38). The molecule has 3 aromatic rings. The summed E-state index contributed by atoms with van der Waals surface area (Å²) in [6.45, 7) is 4.05. The quantitative estimate of drug-likeness (QED) is 0.0460. The van der Waals surface area contributed by atoms with Gasteiger partial charge < -0.3 is 28.9 Å². The molecule has 0 saturated carbocycles. The summed E-state index contributed by atoms with van der Waals surface area (Å²) in [6, 6.07) is 15.8. The number of hydrogen-bond acceptors (Lipinski definition) is 10. The van der Waals surface area contributed by atoms with Gasteiger partial charge in [-0.15, -0.1) is 0 Å². The maximum Gasteiger partial charge on any atom is 0.343 e. The summed E-state index contributed by atoms with van der Waals surface area (Å²) in [5.41, 5.74) is 2.39. The number of carbonyl (C=O) groups excluding carboxylic acids is 3. The van der Waals surface area contributed by atoms with Crippen molar-refractivity contribution in [2.24, 2.45) is 0 Å². The molecule has 0 bridgehead atoms. The Labute approximate surface area is 266 Å². The lowest BCUT2D eigenvalue weighted by atomic mass is 10.0. The minimum Gasteiger partial charge on any atom is -0.493 e. The van der Waals surface area contributed by atoms with Crippen LogP contribution in [-0.2, 0) is 30.4 Å². The second-order valence-electron chi connectivity index (χ2n) is 9.90. The van der Waals surface area contributed by atoms with Crippen molar-refractivity contribution in [1.82, 2.24) is 0 Å². The molecule has 0 atom stereocenters. The molecule has 0 fully saturated rings. The molecule has 0 saturated heterocycles. The number of esters is 3. The second-order valence-corrected chi connectivity index (χ2v) is 9.90. The number of unbranched alkanes of at least 4 members (excludes halogenated alkanes) is 3. The van der Waals surface area contributed by atoms with E-state index in [2.05, 4.69) is 16.1 Å². The third kappa shape index (κ3) is 10.3. The number of aryl methyl sites for hydroxylation is 1. The van der Waals surface area contributed by atoms with Crippen LogP contribution in [0.2, 0.25) is 0 Å². The van der Waals surface area contributed by atoms with Crippen LogP contribution in [0, 0.1) is 0 Å². The average Bonchev–Trinajstić information content (AvgIpc) is 3.08. The maximum absolute atomic E-state index is 12.6. The average molecular weight is 633 g/mol. The van der Waals surface area contributed by atoms with Gasteiger partial charge in [0.2, 0.25) is 5.75 Å². The Morgan fingerprint density at radius 2 is 1.52 bits per heavy atom. The SMILES string of the molecule is C=C(C(=O)OC)c1ccc(OOCCCCCCc2ccc(OC(=O)c3ccc(C=CC(=O)OC)cc3)cc2C(=O)O)c(OC)c1. The number of rotatable bonds is 17. The van der Waals surface area contributed by atoms with E-state index in [9.17, 15) is 24.3 Å². The van der Waals surface area contributed by atoms with Crippen LogP contribution in [0.4, 0.5) is 0 Å². The normalized spacial score (nSPS) is 10.7. The summed E-state index contributed by atoms with van der Waals surface area (Å²) in [7, 11) is 4.03. The Kier molecular flexibility index (Phi) is 13.5. The Hall–Kier alpha value is -5.42. The number of carboxylic acids is 1. The Bertz CT molecular complexity index is 1570. The number of methoxy groups -OCH3 is 3. The van der Waals surface area contributed by atoms with Gasteiger partial charge in [-0.3, -0.25) is 0 Å². The summed E-state index contributed by atoms with van der Waals surface area (Å²) >= 11 is 0. The smallest absolute Gasteiger partial charge is 0.343 e. The Balaban J connectivity index is 1.43. The molecule has 0 aliphatic heterocycles. The lowest BCUT2D eigenvalue weighted by molar-refractivity contribution is -0.208. The minimum absolute atomic E-state index is 0.0699. The molecule has 0 aliphatic rings. The van der Waals surface area contributed by atoms with Gasteiger partial charge in [0.05, 0.1) is 44.6 Å². The molecule has 3 rings (SSSR count). The first-order valence-electron chi connectivity index (χ1n) is 14.4. The summed E-state index contributed by atoms with van der Waals surface area (Å²) in [5.74, 6) is -1.95. The zero-order valence-electron chi connectivity index (χ0n) is 25.9. The van der Waals surface area contributed by atoms with Crippen LogP contribution in [-0.4, -0.2) is 56.9 Å². The number of aromatic carboxylic acids is 1. The van der Waals surface area contributed by atoms with Gasteiger partial charge in [-0.25, -0.2) is 19.2 Å². The van der Waals surface area contributed by atoms with Gasteiger partial charge in [0, 0.05) is 6.08 Å². The highest BCUT2D eigenvalue weighted by Gasteiger charge is 2.16. The Morgan fingerprint density at radius 1 is 0.804 bits per heavy atom. The van der Waals surface area contributed by atoms with Gasteiger partial charge in [0.1, 0.15) is 5.75 Å². The summed E-state index contributed by atoms with van der Waals surface area (Å²) < 4.78 is 20.0. The van der Waals surface area contributed by atoms with Gasteiger partial charge in [0.15, 0.2) is 5.75 Å². The van der Waals surface area contributed by atoms with Gasteiger partial charge in [-0.2, -0.15) is 4.89 Å². The Morgan fingerprint density at radius 3 is 2.20 bits per heavy atom. The molecule has 0 heterocycles. The van der Waals surface area contributed by atoms with E-state index in [-0.39, 0.29) is 22.4 Å². The van der Waals surface area contributed by atoms with Crippen molar-refractivity contribution in [3.63, 3.8) is 0 Å². The fourth-order valence-corrected chi connectivity index (χ4v) is 4.27. The van der Waals surface area contributed by atoms with Gasteiger partial charge in [0.25, 0.3) is 0 Å². The van der Waals surface area contributed by atoms with Crippen molar-refractivity contribution in [2.45, 2.75) is 32.1 Å². The van der Waals surface area contributed by atoms with Crippen molar-refractivity contribution in [1.29, 1.82) is 0 Å². The number of ether oxygens (including phenoxy) is 4. The van der Waals surface area contributed by atoms with Crippen LogP contribution in [0.25, 0.3) is 11.6 Å². The van der Waals surface area contributed by atoms with E-state index in [0.29, 0.717) is 47.6 Å². The lowest BCUT2D eigenvalue weighted by Gasteiger charge is -2.12. The van der Waals surface area contributed by atoms with Crippen molar-refractivity contribution in [3.05, 3.63) is 101 Å². The molecule has 242 valence electrons. The first kappa shape index (κ1) is 35.1. The summed E-state index contributed by atoms with van der Waals surface area (Å²) in [4.78, 5) is 58.2. The molecule has 0 amide bonds. The van der Waals surface area contributed by atoms with E-state index >= 15 is 0 Å². The van der Waals surface area contributed by atoms with Gasteiger partial charge >= 0.3 is 23.9 Å². The fraction of sp³-hybridized carbons (Fsp3) is 0.257.